The lowest BCUT2D eigenvalue weighted by Crippen LogP contribution is -1.88. The number of aromatic nitrogens is 4. The van der Waals surface area contributed by atoms with Crippen LogP contribution in [0.1, 0.15) is 11.1 Å². The van der Waals surface area contributed by atoms with E-state index >= 15 is 0 Å². The van der Waals surface area contributed by atoms with E-state index in [0.29, 0.717) is 5.65 Å². The van der Waals surface area contributed by atoms with Gasteiger partial charge in [-0.25, -0.2) is 15.0 Å². The Hall–Kier alpha value is -1.88. The van der Waals surface area contributed by atoms with Crippen molar-refractivity contribution in [3.05, 3.63) is 42.0 Å². The van der Waals surface area contributed by atoms with Gasteiger partial charge in [-0.3, -0.25) is 0 Å². The predicted molar refractivity (Wildman–Crippen MR) is 71.7 cm³/mol. The normalized spacial score (nSPS) is 11.0. The number of rotatable bonds is 2. The first-order chi connectivity index (χ1) is 8.74. The molecular formula is C13H12N4S. The zero-order valence-electron chi connectivity index (χ0n) is 10.1. The number of benzene rings is 1. The summed E-state index contributed by atoms with van der Waals surface area (Å²) < 4.78 is 0. The summed E-state index contributed by atoms with van der Waals surface area (Å²) in [5.74, 6) is 0. The van der Waals surface area contributed by atoms with Gasteiger partial charge in [-0.15, -0.1) is 0 Å². The number of nitrogens with zero attached hydrogens (tertiary/aromatic N) is 3. The van der Waals surface area contributed by atoms with E-state index in [2.05, 4.69) is 52.0 Å². The van der Waals surface area contributed by atoms with Crippen LogP contribution in [0.5, 0.6) is 0 Å². The number of aromatic amines is 1. The molecule has 0 saturated heterocycles. The van der Waals surface area contributed by atoms with E-state index in [9.17, 15) is 0 Å². The first-order valence-electron chi connectivity index (χ1n) is 5.63. The summed E-state index contributed by atoms with van der Waals surface area (Å²) in [5.41, 5.74) is 4.09. The fourth-order valence-corrected chi connectivity index (χ4v) is 2.78. The van der Waals surface area contributed by atoms with Gasteiger partial charge in [0.2, 0.25) is 0 Å². The summed E-state index contributed by atoms with van der Waals surface area (Å²) in [7, 11) is 0. The van der Waals surface area contributed by atoms with Crippen LogP contribution in [0, 0.1) is 13.8 Å². The fraction of sp³-hybridized carbons (Fsp3) is 0.154. The molecule has 0 fully saturated rings. The van der Waals surface area contributed by atoms with Crippen molar-refractivity contribution in [2.45, 2.75) is 23.8 Å². The van der Waals surface area contributed by atoms with Crippen molar-refractivity contribution in [1.29, 1.82) is 0 Å². The number of imidazole rings is 1. The molecule has 1 aromatic carbocycles. The second-order valence-electron chi connectivity index (χ2n) is 4.15. The summed E-state index contributed by atoms with van der Waals surface area (Å²) in [6, 6.07) is 6.42. The van der Waals surface area contributed by atoms with Crippen LogP contribution < -0.4 is 0 Å². The SMILES string of the molecule is Cc1ccc(C)c(Sc2ncnc3nc[nH]c23)c1. The van der Waals surface area contributed by atoms with Crippen molar-refractivity contribution >= 4 is 22.9 Å². The predicted octanol–water partition coefficient (Wildman–Crippen LogP) is 3.12. The van der Waals surface area contributed by atoms with E-state index in [1.165, 1.54) is 16.0 Å². The maximum atomic E-state index is 4.33. The van der Waals surface area contributed by atoms with E-state index in [1.54, 1.807) is 24.4 Å². The van der Waals surface area contributed by atoms with Gasteiger partial charge in [-0.05, 0) is 31.0 Å². The molecule has 3 rings (SSSR count). The lowest BCUT2D eigenvalue weighted by molar-refractivity contribution is 1.08. The topological polar surface area (TPSA) is 54.5 Å². The standard InChI is InChI=1S/C13H12N4S/c1-8-3-4-9(2)10(5-8)18-13-11-12(15-6-14-11)16-7-17-13/h3-7H,1-2H3,(H,14,15,16,17). The first kappa shape index (κ1) is 11.2. The molecule has 0 bridgehead atoms. The van der Waals surface area contributed by atoms with Crippen LogP contribution in [-0.2, 0) is 0 Å². The fourth-order valence-electron chi connectivity index (χ4n) is 1.74. The largest absolute Gasteiger partial charge is 0.341 e. The molecule has 5 heteroatoms. The molecular weight excluding hydrogens is 244 g/mol. The maximum absolute atomic E-state index is 4.33. The molecule has 0 atom stereocenters. The van der Waals surface area contributed by atoms with Gasteiger partial charge in [-0.2, -0.15) is 0 Å². The second-order valence-corrected chi connectivity index (χ2v) is 5.18. The van der Waals surface area contributed by atoms with Gasteiger partial charge in [-0.1, -0.05) is 23.9 Å². The monoisotopic (exact) mass is 256 g/mol. The molecule has 4 nitrogen and oxygen atoms in total. The van der Waals surface area contributed by atoms with Crippen molar-refractivity contribution < 1.29 is 0 Å². The van der Waals surface area contributed by atoms with Crippen LogP contribution >= 0.6 is 11.8 Å². The second kappa shape index (κ2) is 4.42. The smallest absolute Gasteiger partial charge is 0.181 e. The van der Waals surface area contributed by atoms with Crippen molar-refractivity contribution in [3.8, 4) is 0 Å². The molecule has 0 unspecified atom stereocenters. The van der Waals surface area contributed by atoms with Crippen LogP contribution in [0.15, 0.2) is 40.8 Å². The average Bonchev–Trinajstić information content (AvgIpc) is 2.83. The number of fused-ring (bicyclic) bond motifs is 1. The van der Waals surface area contributed by atoms with E-state index in [-0.39, 0.29) is 0 Å². The van der Waals surface area contributed by atoms with Gasteiger partial charge < -0.3 is 4.98 Å². The zero-order valence-corrected chi connectivity index (χ0v) is 11.0. The van der Waals surface area contributed by atoms with E-state index in [0.717, 1.165) is 10.5 Å². The molecule has 1 N–H and O–H groups in total. The minimum atomic E-state index is 0.706. The van der Waals surface area contributed by atoms with Gasteiger partial charge in [0.15, 0.2) is 5.65 Å². The van der Waals surface area contributed by atoms with Crippen molar-refractivity contribution in [1.82, 2.24) is 19.9 Å². The van der Waals surface area contributed by atoms with Crippen LogP contribution in [-0.4, -0.2) is 19.9 Å². The number of aryl methyl sites for hydroxylation is 2. The number of hydrogen-bond acceptors (Lipinski definition) is 4. The van der Waals surface area contributed by atoms with Gasteiger partial charge in [0.25, 0.3) is 0 Å². The highest BCUT2D eigenvalue weighted by molar-refractivity contribution is 7.99. The Kier molecular flexibility index (Phi) is 2.76. The Morgan fingerprint density at radius 3 is 2.89 bits per heavy atom. The first-order valence-corrected chi connectivity index (χ1v) is 6.45. The highest BCUT2D eigenvalue weighted by Gasteiger charge is 2.09. The van der Waals surface area contributed by atoms with Gasteiger partial charge in [0, 0.05) is 4.90 Å². The number of nitrogens with one attached hydrogen (secondary N) is 1. The van der Waals surface area contributed by atoms with Crippen LogP contribution in [0.2, 0.25) is 0 Å². The van der Waals surface area contributed by atoms with E-state index in [4.69, 9.17) is 0 Å². The summed E-state index contributed by atoms with van der Waals surface area (Å²) >= 11 is 1.64. The Bertz CT molecular complexity index is 705. The third-order valence-electron chi connectivity index (χ3n) is 2.74. The molecule has 0 aliphatic carbocycles. The zero-order chi connectivity index (χ0) is 12.5. The molecule has 0 saturated carbocycles. The lowest BCUT2D eigenvalue weighted by atomic mass is 10.2. The summed E-state index contributed by atoms with van der Waals surface area (Å²) in [6.45, 7) is 4.20. The molecule has 0 radical (unpaired) electrons. The lowest BCUT2D eigenvalue weighted by Gasteiger charge is -2.06. The van der Waals surface area contributed by atoms with Gasteiger partial charge in [0.05, 0.1) is 6.33 Å². The number of hydrogen-bond donors (Lipinski definition) is 1. The van der Waals surface area contributed by atoms with Crippen LogP contribution in [0.4, 0.5) is 0 Å². The highest BCUT2D eigenvalue weighted by atomic mass is 32.2. The van der Waals surface area contributed by atoms with Crippen molar-refractivity contribution in [2.24, 2.45) is 0 Å². The molecule has 18 heavy (non-hydrogen) atoms. The third kappa shape index (κ3) is 1.97. The Balaban J connectivity index is 2.06. The average molecular weight is 256 g/mol. The van der Waals surface area contributed by atoms with Crippen molar-refractivity contribution in [3.63, 3.8) is 0 Å². The minimum Gasteiger partial charge on any atom is -0.341 e. The van der Waals surface area contributed by atoms with E-state index < -0.39 is 0 Å². The maximum Gasteiger partial charge on any atom is 0.181 e. The summed E-state index contributed by atoms with van der Waals surface area (Å²) in [4.78, 5) is 16.9. The molecule has 2 aromatic heterocycles. The third-order valence-corrected chi connectivity index (χ3v) is 3.90. The Morgan fingerprint density at radius 2 is 2.00 bits per heavy atom. The van der Waals surface area contributed by atoms with Crippen LogP contribution in [0.3, 0.4) is 0 Å². The van der Waals surface area contributed by atoms with E-state index in [1.807, 2.05) is 0 Å². The molecule has 0 aliphatic heterocycles. The van der Waals surface area contributed by atoms with Crippen molar-refractivity contribution in [2.75, 3.05) is 0 Å². The molecule has 90 valence electrons. The highest BCUT2D eigenvalue weighted by Crippen LogP contribution is 2.32. The Morgan fingerprint density at radius 1 is 1.11 bits per heavy atom. The molecule has 2 heterocycles. The molecule has 0 spiro atoms. The quantitative estimate of drug-likeness (QED) is 0.716. The molecule has 3 aromatic rings. The number of H-pyrrole nitrogens is 1. The molecule has 0 aliphatic rings. The van der Waals surface area contributed by atoms with Crippen LogP contribution in [0.25, 0.3) is 11.2 Å². The van der Waals surface area contributed by atoms with Gasteiger partial charge in [0.1, 0.15) is 16.9 Å². The summed E-state index contributed by atoms with van der Waals surface area (Å²) in [5, 5.41) is 0.909. The Labute approximate surface area is 109 Å². The van der Waals surface area contributed by atoms with Gasteiger partial charge >= 0.3 is 0 Å². The molecule has 0 amide bonds. The minimum absolute atomic E-state index is 0.706. The summed E-state index contributed by atoms with van der Waals surface area (Å²) in [6.07, 6.45) is 3.20.